The molecule has 1 heterocycles. The number of anilines is 1. The van der Waals surface area contributed by atoms with Crippen LogP contribution < -0.4 is 11.1 Å². The Balaban J connectivity index is 1.85. The second kappa shape index (κ2) is 5.58. The van der Waals surface area contributed by atoms with E-state index in [0.29, 0.717) is 5.56 Å². The molecule has 3 rings (SSSR count). The molecule has 0 unspecified atom stereocenters. The number of carbonyl (C=O) groups is 1. The summed E-state index contributed by atoms with van der Waals surface area (Å²) in [5.41, 5.74) is 9.05. The lowest BCUT2D eigenvalue weighted by Crippen LogP contribution is -2.13. The van der Waals surface area contributed by atoms with E-state index >= 15 is 0 Å². The van der Waals surface area contributed by atoms with E-state index in [-0.39, 0.29) is 0 Å². The van der Waals surface area contributed by atoms with Gasteiger partial charge in [-0.25, -0.2) is 0 Å². The van der Waals surface area contributed by atoms with Crippen LogP contribution in [0.15, 0.2) is 47.8 Å². The molecule has 0 atom stereocenters. The standard InChI is InChI=1S/C17H16N2OS/c1-11-13(17(18)20)6-4-7-15(11)19-9-12-10-21-16-8-3-2-5-14(12)16/h2-8,10,19H,9H2,1H3,(H2,18,20). The molecule has 3 nitrogen and oxygen atoms in total. The van der Waals surface area contributed by atoms with E-state index in [0.717, 1.165) is 17.8 Å². The van der Waals surface area contributed by atoms with Gasteiger partial charge in [-0.15, -0.1) is 11.3 Å². The van der Waals surface area contributed by atoms with E-state index in [1.165, 1.54) is 15.6 Å². The highest BCUT2D eigenvalue weighted by atomic mass is 32.1. The predicted octanol–water partition coefficient (Wildman–Crippen LogP) is 3.92. The van der Waals surface area contributed by atoms with Crippen LogP contribution in [0.5, 0.6) is 0 Å². The summed E-state index contributed by atoms with van der Waals surface area (Å²) in [5, 5.41) is 6.85. The topological polar surface area (TPSA) is 55.1 Å². The van der Waals surface area contributed by atoms with Gasteiger partial charge < -0.3 is 11.1 Å². The van der Waals surface area contributed by atoms with Gasteiger partial charge in [0.2, 0.25) is 5.91 Å². The fourth-order valence-electron chi connectivity index (χ4n) is 2.45. The highest BCUT2D eigenvalue weighted by Gasteiger charge is 2.09. The molecule has 0 aliphatic rings. The first-order chi connectivity index (χ1) is 10.2. The molecule has 0 aliphatic carbocycles. The average molecular weight is 296 g/mol. The maximum Gasteiger partial charge on any atom is 0.249 e. The van der Waals surface area contributed by atoms with Crippen LogP contribution in [0.4, 0.5) is 5.69 Å². The summed E-state index contributed by atoms with van der Waals surface area (Å²) < 4.78 is 1.29. The summed E-state index contributed by atoms with van der Waals surface area (Å²) in [6.07, 6.45) is 0. The number of benzene rings is 2. The van der Waals surface area contributed by atoms with Crippen LogP contribution >= 0.6 is 11.3 Å². The SMILES string of the molecule is Cc1c(NCc2csc3ccccc23)cccc1C(N)=O. The molecular weight excluding hydrogens is 280 g/mol. The van der Waals surface area contributed by atoms with Gasteiger partial charge >= 0.3 is 0 Å². The highest BCUT2D eigenvalue weighted by molar-refractivity contribution is 7.17. The molecule has 3 aromatic rings. The Morgan fingerprint density at radius 2 is 2.00 bits per heavy atom. The maximum atomic E-state index is 11.4. The second-order valence-corrected chi connectivity index (χ2v) is 5.86. The van der Waals surface area contributed by atoms with Gasteiger partial charge in [-0.05, 0) is 47.0 Å². The van der Waals surface area contributed by atoms with Crippen LogP contribution in [-0.4, -0.2) is 5.91 Å². The highest BCUT2D eigenvalue weighted by Crippen LogP contribution is 2.27. The van der Waals surface area contributed by atoms with Gasteiger partial charge in [-0.1, -0.05) is 24.3 Å². The normalized spacial score (nSPS) is 10.7. The summed E-state index contributed by atoms with van der Waals surface area (Å²) in [6, 6.07) is 13.9. The van der Waals surface area contributed by atoms with Crippen molar-refractivity contribution in [3.05, 3.63) is 64.5 Å². The zero-order chi connectivity index (χ0) is 14.8. The van der Waals surface area contributed by atoms with E-state index < -0.39 is 5.91 Å². The summed E-state index contributed by atoms with van der Waals surface area (Å²) in [5.74, 6) is -0.392. The van der Waals surface area contributed by atoms with Gasteiger partial charge in [-0.2, -0.15) is 0 Å². The van der Waals surface area contributed by atoms with Crippen LogP contribution in [-0.2, 0) is 6.54 Å². The van der Waals surface area contributed by atoms with E-state index in [9.17, 15) is 4.79 Å². The second-order valence-electron chi connectivity index (χ2n) is 4.95. The third kappa shape index (κ3) is 2.62. The lowest BCUT2D eigenvalue weighted by molar-refractivity contribution is 0.1000. The van der Waals surface area contributed by atoms with Gasteiger partial charge in [0.25, 0.3) is 0 Å². The summed E-state index contributed by atoms with van der Waals surface area (Å²) in [7, 11) is 0. The van der Waals surface area contributed by atoms with Crippen molar-refractivity contribution >= 4 is 33.0 Å². The van der Waals surface area contributed by atoms with Crippen molar-refractivity contribution in [1.82, 2.24) is 0 Å². The van der Waals surface area contributed by atoms with Crippen LogP contribution in [0.1, 0.15) is 21.5 Å². The first kappa shape index (κ1) is 13.6. The molecule has 2 aromatic carbocycles. The Morgan fingerprint density at radius 1 is 1.19 bits per heavy atom. The Bertz CT molecular complexity index is 807. The molecule has 0 fully saturated rings. The molecule has 0 aliphatic heterocycles. The lowest BCUT2D eigenvalue weighted by Gasteiger charge is -2.11. The number of nitrogens with two attached hydrogens (primary N) is 1. The third-order valence-electron chi connectivity index (χ3n) is 3.63. The number of amides is 1. The third-order valence-corrected chi connectivity index (χ3v) is 4.64. The molecule has 21 heavy (non-hydrogen) atoms. The van der Waals surface area contributed by atoms with Gasteiger partial charge in [0.05, 0.1) is 0 Å². The minimum Gasteiger partial charge on any atom is -0.381 e. The quantitative estimate of drug-likeness (QED) is 0.766. The van der Waals surface area contributed by atoms with Crippen molar-refractivity contribution in [3.63, 3.8) is 0 Å². The Hall–Kier alpha value is -2.33. The predicted molar refractivity (Wildman–Crippen MR) is 88.8 cm³/mol. The monoisotopic (exact) mass is 296 g/mol. The molecule has 4 heteroatoms. The van der Waals surface area contributed by atoms with Crippen LogP contribution in [0.3, 0.4) is 0 Å². The Labute approximate surface area is 127 Å². The number of nitrogens with one attached hydrogen (secondary N) is 1. The summed E-state index contributed by atoms with van der Waals surface area (Å²) in [6.45, 7) is 2.64. The molecule has 0 saturated carbocycles. The van der Waals surface area contributed by atoms with E-state index in [4.69, 9.17) is 5.73 Å². The number of fused-ring (bicyclic) bond motifs is 1. The van der Waals surface area contributed by atoms with Crippen LogP contribution in [0, 0.1) is 6.92 Å². The largest absolute Gasteiger partial charge is 0.381 e. The number of carbonyl (C=O) groups excluding carboxylic acids is 1. The molecular formula is C17H16N2OS. The molecule has 106 valence electrons. The zero-order valence-corrected chi connectivity index (χ0v) is 12.5. The van der Waals surface area contributed by atoms with Crippen molar-refractivity contribution in [2.24, 2.45) is 5.73 Å². The number of rotatable bonds is 4. The van der Waals surface area contributed by atoms with Gasteiger partial charge in [-0.3, -0.25) is 4.79 Å². The van der Waals surface area contributed by atoms with Crippen LogP contribution in [0.2, 0.25) is 0 Å². The lowest BCUT2D eigenvalue weighted by atomic mass is 10.1. The molecule has 0 radical (unpaired) electrons. The number of hydrogen-bond donors (Lipinski definition) is 2. The number of hydrogen-bond acceptors (Lipinski definition) is 3. The molecule has 0 saturated heterocycles. The van der Waals surface area contributed by atoms with Gasteiger partial charge in [0, 0.05) is 22.5 Å². The van der Waals surface area contributed by atoms with Gasteiger partial charge in [0.1, 0.15) is 0 Å². The smallest absolute Gasteiger partial charge is 0.249 e. The van der Waals surface area contributed by atoms with Crippen LogP contribution in [0.25, 0.3) is 10.1 Å². The minimum absolute atomic E-state index is 0.392. The first-order valence-corrected chi connectivity index (χ1v) is 7.63. The number of primary amides is 1. The van der Waals surface area contributed by atoms with Crippen molar-refractivity contribution in [2.75, 3.05) is 5.32 Å². The van der Waals surface area contributed by atoms with E-state index in [1.807, 2.05) is 19.1 Å². The average Bonchev–Trinajstić information content (AvgIpc) is 2.89. The van der Waals surface area contributed by atoms with Crippen molar-refractivity contribution in [2.45, 2.75) is 13.5 Å². The molecule has 1 amide bonds. The fraction of sp³-hybridized carbons (Fsp3) is 0.118. The summed E-state index contributed by atoms with van der Waals surface area (Å²) in [4.78, 5) is 11.4. The van der Waals surface area contributed by atoms with E-state index in [1.54, 1.807) is 17.4 Å². The van der Waals surface area contributed by atoms with Crippen molar-refractivity contribution in [1.29, 1.82) is 0 Å². The molecule has 3 N–H and O–H groups in total. The molecule has 0 bridgehead atoms. The molecule has 1 aromatic heterocycles. The Kier molecular flexibility index (Phi) is 3.62. The van der Waals surface area contributed by atoms with Crippen molar-refractivity contribution in [3.8, 4) is 0 Å². The van der Waals surface area contributed by atoms with Crippen molar-refractivity contribution < 1.29 is 4.79 Å². The summed E-state index contributed by atoms with van der Waals surface area (Å²) >= 11 is 1.75. The maximum absolute atomic E-state index is 11.4. The first-order valence-electron chi connectivity index (χ1n) is 6.75. The zero-order valence-electron chi connectivity index (χ0n) is 11.7. The fourth-order valence-corrected chi connectivity index (χ4v) is 3.42. The van der Waals surface area contributed by atoms with E-state index in [2.05, 4.69) is 35.0 Å². The Morgan fingerprint density at radius 3 is 2.81 bits per heavy atom. The number of thiophene rings is 1. The minimum atomic E-state index is -0.392. The van der Waals surface area contributed by atoms with Gasteiger partial charge in [0.15, 0.2) is 0 Å². The molecule has 0 spiro atoms.